The number of ether oxygens (including phenoxy) is 2. The van der Waals surface area contributed by atoms with Crippen LogP contribution in [-0.4, -0.2) is 71.2 Å². The van der Waals surface area contributed by atoms with Crippen LogP contribution in [0.4, 0.5) is 33.5 Å². The highest BCUT2D eigenvalue weighted by molar-refractivity contribution is 5.96. The highest BCUT2D eigenvalue weighted by Crippen LogP contribution is 2.44. The summed E-state index contributed by atoms with van der Waals surface area (Å²) >= 11 is 0. The van der Waals surface area contributed by atoms with Gasteiger partial charge in [0, 0.05) is 38.7 Å². The number of nitrogens with one attached hydrogen (secondary N) is 2. The fourth-order valence-corrected chi connectivity index (χ4v) is 5.50. The number of carbonyl (C=O) groups is 1. The molecule has 1 aromatic carbocycles. The van der Waals surface area contributed by atoms with Crippen LogP contribution >= 0.6 is 0 Å². The van der Waals surface area contributed by atoms with Crippen molar-refractivity contribution in [3.63, 3.8) is 0 Å². The summed E-state index contributed by atoms with van der Waals surface area (Å²) < 4.78 is 85.8. The Labute approximate surface area is 250 Å². The van der Waals surface area contributed by atoms with Crippen LogP contribution in [0, 0.1) is 24.5 Å². The number of rotatable bonds is 4. The van der Waals surface area contributed by atoms with Gasteiger partial charge in [0.2, 0.25) is 11.8 Å². The van der Waals surface area contributed by atoms with Gasteiger partial charge in [0.1, 0.15) is 28.2 Å². The Morgan fingerprint density at radius 1 is 1.11 bits per heavy atom. The third-order valence-electron chi connectivity index (χ3n) is 7.94. The van der Waals surface area contributed by atoms with E-state index in [1.165, 1.54) is 6.92 Å². The first-order valence-electron chi connectivity index (χ1n) is 14.4. The molecule has 0 aliphatic carbocycles. The molecule has 10 nitrogen and oxygen atoms in total. The van der Waals surface area contributed by atoms with E-state index in [-0.39, 0.29) is 47.0 Å². The van der Waals surface area contributed by atoms with E-state index in [1.807, 2.05) is 0 Å². The Morgan fingerprint density at radius 3 is 2.52 bits per heavy atom. The first-order valence-corrected chi connectivity index (χ1v) is 14.4. The van der Waals surface area contributed by atoms with Crippen LogP contribution in [0.1, 0.15) is 44.2 Å². The summed E-state index contributed by atoms with van der Waals surface area (Å²) in [7, 11) is 0. The number of pyridine rings is 1. The number of hydrogen-bond acceptors (Lipinski definition) is 9. The molecule has 0 bridgehead atoms. The minimum absolute atomic E-state index is 0.00425. The lowest BCUT2D eigenvalue weighted by Crippen LogP contribution is -2.38. The summed E-state index contributed by atoms with van der Waals surface area (Å²) in [5, 5.41) is 6.38. The summed E-state index contributed by atoms with van der Waals surface area (Å²) in [6, 6.07) is 0.525. The zero-order chi connectivity index (χ0) is 31.8. The number of benzene rings is 1. The van der Waals surface area contributed by atoms with Gasteiger partial charge in [0.05, 0.1) is 24.0 Å². The number of piperidine rings is 1. The number of aromatic nitrogens is 3. The Bertz CT molecular complexity index is 1560. The molecular formula is C29H34F5N7O3. The van der Waals surface area contributed by atoms with Gasteiger partial charge in [0.15, 0.2) is 5.82 Å². The zero-order valence-corrected chi connectivity index (χ0v) is 24.6. The van der Waals surface area contributed by atoms with Crippen LogP contribution < -0.4 is 25.8 Å². The van der Waals surface area contributed by atoms with E-state index >= 15 is 4.39 Å². The smallest absolute Gasteiger partial charge is 0.417 e. The van der Waals surface area contributed by atoms with Crippen LogP contribution in [0.3, 0.4) is 0 Å². The number of hydrogen-bond donors (Lipinski definition) is 3. The van der Waals surface area contributed by atoms with Crippen LogP contribution in [0.5, 0.6) is 11.9 Å². The lowest BCUT2D eigenvalue weighted by atomic mass is 9.96. The van der Waals surface area contributed by atoms with Crippen molar-refractivity contribution in [2.75, 3.05) is 50.4 Å². The van der Waals surface area contributed by atoms with Crippen molar-refractivity contribution >= 4 is 28.3 Å². The molecule has 2 aliphatic heterocycles. The average molecular weight is 624 g/mol. The van der Waals surface area contributed by atoms with Gasteiger partial charge < -0.3 is 30.7 Å². The zero-order valence-electron chi connectivity index (χ0n) is 24.6. The van der Waals surface area contributed by atoms with E-state index in [2.05, 4.69) is 25.6 Å². The summed E-state index contributed by atoms with van der Waals surface area (Å²) in [5.74, 6) is -2.44. The average Bonchev–Trinajstić information content (AvgIpc) is 3.00. The molecule has 5 rings (SSSR count). The van der Waals surface area contributed by atoms with Crippen LogP contribution in [-0.2, 0) is 11.0 Å². The van der Waals surface area contributed by atoms with Crippen molar-refractivity contribution < 1.29 is 36.2 Å². The molecule has 1 amide bonds. The summed E-state index contributed by atoms with van der Waals surface area (Å²) in [4.78, 5) is 26.4. The topological polar surface area (TPSA) is 128 Å². The van der Waals surface area contributed by atoms with Gasteiger partial charge in [-0.05, 0) is 57.2 Å². The predicted molar refractivity (Wildman–Crippen MR) is 153 cm³/mol. The van der Waals surface area contributed by atoms with Crippen molar-refractivity contribution in [1.29, 1.82) is 0 Å². The van der Waals surface area contributed by atoms with Gasteiger partial charge in [-0.1, -0.05) is 0 Å². The Kier molecular flexibility index (Phi) is 8.95. The number of nitrogens with zero attached hydrogens (tertiary/aromatic N) is 4. The van der Waals surface area contributed by atoms with Crippen LogP contribution in [0.2, 0.25) is 0 Å². The van der Waals surface area contributed by atoms with Crippen molar-refractivity contribution in [2.45, 2.75) is 52.3 Å². The first-order chi connectivity index (χ1) is 20.8. The largest absolute Gasteiger partial charge is 0.474 e. The van der Waals surface area contributed by atoms with E-state index in [4.69, 9.17) is 15.2 Å². The van der Waals surface area contributed by atoms with Crippen molar-refractivity contribution in [1.82, 2.24) is 25.2 Å². The molecule has 2 aromatic heterocycles. The van der Waals surface area contributed by atoms with Gasteiger partial charge in [-0.25, -0.2) is 13.8 Å². The molecule has 0 saturated carbocycles. The fourth-order valence-electron chi connectivity index (χ4n) is 5.50. The number of anilines is 2. The predicted octanol–water partition coefficient (Wildman–Crippen LogP) is 4.69. The Balaban J connectivity index is 1.65. The van der Waals surface area contributed by atoms with E-state index < -0.39 is 52.0 Å². The molecule has 1 fully saturated rings. The quantitative estimate of drug-likeness (QED) is 0.280. The van der Waals surface area contributed by atoms with E-state index in [9.17, 15) is 22.4 Å². The number of halogens is 5. The molecule has 1 atom stereocenters. The summed E-state index contributed by atoms with van der Waals surface area (Å²) in [6.45, 7) is 7.01. The maximum Gasteiger partial charge on any atom is 0.417 e. The second-order valence-corrected chi connectivity index (χ2v) is 11.1. The second kappa shape index (κ2) is 12.5. The second-order valence-electron chi connectivity index (χ2n) is 11.1. The number of nitrogen functional groups attached to an aromatic ring is 1. The highest BCUT2D eigenvalue weighted by Gasteiger charge is 2.39. The molecule has 4 heterocycles. The molecule has 0 spiro atoms. The highest BCUT2D eigenvalue weighted by atomic mass is 19.4. The standard InChI is InChI=1S/C29H34F5N7O3/c1-14-4-7-36-8-9-37-26-20-25(39-28(40-26)43-13-17-5-10-41(11-6-17)16(3)42)23(31)24(38-27(20)44-14)18-12-19(35)22(30)15(2)21(18)29(32,33)34/h12,14,17,36H,4-11,13,35H2,1-3H3,(H,37,39,40). The molecule has 238 valence electrons. The minimum Gasteiger partial charge on any atom is -0.474 e. The van der Waals surface area contributed by atoms with E-state index in [1.54, 1.807) is 11.8 Å². The molecule has 44 heavy (non-hydrogen) atoms. The lowest BCUT2D eigenvalue weighted by Gasteiger charge is -2.30. The fraction of sp³-hybridized carbons (Fsp3) is 0.517. The molecule has 1 saturated heterocycles. The summed E-state index contributed by atoms with van der Waals surface area (Å²) in [6.07, 6.45) is -3.63. The van der Waals surface area contributed by atoms with Crippen molar-refractivity contribution in [3.8, 4) is 23.1 Å². The number of likely N-dealkylation sites (tertiary alicyclic amines) is 1. The maximum absolute atomic E-state index is 16.5. The lowest BCUT2D eigenvalue weighted by molar-refractivity contribution is -0.137. The maximum atomic E-state index is 16.5. The molecule has 2 aliphatic rings. The van der Waals surface area contributed by atoms with Gasteiger partial charge >= 0.3 is 12.2 Å². The molecular weight excluding hydrogens is 589 g/mol. The summed E-state index contributed by atoms with van der Waals surface area (Å²) in [5.41, 5.74) is 1.06. The molecule has 0 radical (unpaired) electrons. The third kappa shape index (κ3) is 6.42. The monoisotopic (exact) mass is 623 g/mol. The number of carbonyl (C=O) groups excluding carboxylic acids is 1. The molecule has 3 aromatic rings. The van der Waals surface area contributed by atoms with Gasteiger partial charge in [0.25, 0.3) is 0 Å². The normalized spacial score (nSPS) is 18.4. The minimum atomic E-state index is -5.06. The van der Waals surface area contributed by atoms with Gasteiger partial charge in [-0.15, -0.1) is 0 Å². The SMILES string of the molecule is CC(=O)N1CCC(COc2nc3c4c(nc(-c5cc(N)c(F)c(C)c5C(F)(F)F)c(F)c4n2)OC(C)CCNCCN3)CC1. The van der Waals surface area contributed by atoms with Crippen molar-refractivity contribution in [2.24, 2.45) is 5.92 Å². The van der Waals surface area contributed by atoms with Gasteiger partial charge in [-0.2, -0.15) is 23.1 Å². The number of alkyl halides is 3. The Hall–Kier alpha value is -4.01. The third-order valence-corrected chi connectivity index (χ3v) is 7.94. The number of nitrogens with two attached hydrogens (primary N) is 1. The molecule has 1 unspecified atom stereocenters. The van der Waals surface area contributed by atoms with Crippen LogP contribution in [0.25, 0.3) is 22.2 Å². The molecule has 4 N–H and O–H groups in total. The first kappa shape index (κ1) is 31.4. The molecule has 15 heteroatoms. The van der Waals surface area contributed by atoms with E-state index in [0.29, 0.717) is 52.0 Å². The van der Waals surface area contributed by atoms with Crippen molar-refractivity contribution in [3.05, 3.63) is 28.8 Å². The number of amides is 1. The van der Waals surface area contributed by atoms with Gasteiger partial charge in [-0.3, -0.25) is 4.79 Å². The Morgan fingerprint density at radius 2 is 1.84 bits per heavy atom. The van der Waals surface area contributed by atoms with E-state index in [0.717, 1.165) is 13.0 Å². The van der Waals surface area contributed by atoms with Crippen LogP contribution in [0.15, 0.2) is 6.07 Å².